The third-order valence-corrected chi connectivity index (χ3v) is 6.16. The summed E-state index contributed by atoms with van der Waals surface area (Å²) in [5.74, 6) is -1.14. The summed E-state index contributed by atoms with van der Waals surface area (Å²) in [5, 5.41) is 31.6. The Morgan fingerprint density at radius 3 is 2.70 bits per heavy atom. The maximum atomic E-state index is 13.0. The van der Waals surface area contributed by atoms with Gasteiger partial charge in [0.1, 0.15) is 6.07 Å². The lowest BCUT2D eigenvalue weighted by Gasteiger charge is -2.22. The molecule has 1 unspecified atom stereocenters. The van der Waals surface area contributed by atoms with Gasteiger partial charge in [0.05, 0.1) is 53.2 Å². The van der Waals surface area contributed by atoms with Crippen LogP contribution in [0.5, 0.6) is 0 Å². The number of Topliss-reactive ketones (excluding diaryl/α,β-unsaturated/α-hetero) is 1. The fraction of sp³-hybridized carbons (Fsp3) is 0.333. The van der Waals surface area contributed by atoms with E-state index in [2.05, 4.69) is 20.9 Å². The lowest BCUT2D eigenvalue weighted by molar-refractivity contribution is -0.169. The highest BCUT2D eigenvalue weighted by Crippen LogP contribution is 2.31. The van der Waals surface area contributed by atoms with Crippen molar-refractivity contribution in [3.05, 3.63) is 59.4 Å². The fourth-order valence-corrected chi connectivity index (χ4v) is 4.22. The Labute approximate surface area is 230 Å². The molecule has 0 saturated carbocycles. The van der Waals surface area contributed by atoms with Crippen molar-refractivity contribution in [1.82, 2.24) is 15.0 Å². The van der Waals surface area contributed by atoms with Crippen LogP contribution in [0.15, 0.2) is 42.6 Å². The summed E-state index contributed by atoms with van der Waals surface area (Å²) in [5.41, 5.74) is 2.32. The molecule has 0 aliphatic carbocycles. The molecule has 0 radical (unpaired) electrons. The number of carboxylic acid groups (broad SMARTS) is 1. The zero-order valence-electron chi connectivity index (χ0n) is 22.1. The van der Waals surface area contributed by atoms with Crippen molar-refractivity contribution in [3.63, 3.8) is 0 Å². The summed E-state index contributed by atoms with van der Waals surface area (Å²) in [4.78, 5) is 38.7. The Hall–Kier alpha value is -4.80. The van der Waals surface area contributed by atoms with Crippen molar-refractivity contribution < 1.29 is 29.0 Å². The smallest absolute Gasteiger partial charge is 0.409 e. The van der Waals surface area contributed by atoms with E-state index in [1.807, 2.05) is 6.07 Å². The molecule has 1 aromatic heterocycles. The van der Waals surface area contributed by atoms with E-state index in [0.29, 0.717) is 23.7 Å². The first-order valence-corrected chi connectivity index (χ1v) is 12.6. The first kappa shape index (κ1) is 28.2. The molecule has 2 aromatic carbocycles. The summed E-state index contributed by atoms with van der Waals surface area (Å²) < 4.78 is 13.0. The van der Waals surface area contributed by atoms with E-state index in [9.17, 15) is 24.8 Å². The van der Waals surface area contributed by atoms with Crippen LogP contribution in [0, 0.1) is 11.3 Å². The van der Waals surface area contributed by atoms with Crippen molar-refractivity contribution in [3.8, 4) is 11.8 Å². The van der Waals surface area contributed by atoms with Crippen LogP contribution in [0.4, 0.5) is 21.9 Å². The molecule has 0 spiro atoms. The highest BCUT2D eigenvalue weighted by atomic mass is 16.7. The predicted octanol–water partition coefficient (Wildman–Crippen LogP) is 3.55. The van der Waals surface area contributed by atoms with Crippen LogP contribution in [0.1, 0.15) is 47.3 Å². The quantitative estimate of drug-likeness (QED) is 0.252. The SMILES string of the molecule is CN(C)c1cc(NC(=O)O)c(NC(=O)CC(=O)c2cccc(-n3nncc3COC3CCCCO3)c2)cc1C#N. The number of ketones is 1. The molecule has 3 aromatic rings. The van der Waals surface area contributed by atoms with Gasteiger partial charge in [-0.1, -0.05) is 17.3 Å². The van der Waals surface area contributed by atoms with Crippen molar-refractivity contribution >= 4 is 34.8 Å². The molecule has 208 valence electrons. The van der Waals surface area contributed by atoms with E-state index in [-0.39, 0.29) is 35.4 Å². The highest BCUT2D eigenvalue weighted by Gasteiger charge is 2.19. The monoisotopic (exact) mass is 547 g/mol. The molecule has 13 nitrogen and oxygen atoms in total. The molecule has 4 rings (SSSR count). The number of ether oxygens (including phenoxy) is 2. The number of nitrogens with zero attached hydrogens (tertiary/aromatic N) is 5. The molecular weight excluding hydrogens is 518 g/mol. The Balaban J connectivity index is 1.46. The molecule has 2 heterocycles. The zero-order chi connectivity index (χ0) is 28.6. The standard InChI is InChI=1S/C27H29N7O6/c1-33(2)23-12-22(31-27(37)38)21(11-18(23)14-28)30-25(36)13-24(35)17-6-5-7-19(10-17)34-20(15-29-32-34)16-40-26-8-3-4-9-39-26/h5-7,10-12,15,26,31H,3-4,8-9,13,16H2,1-2H3,(H,30,36)(H,37,38). The maximum Gasteiger partial charge on any atom is 0.409 e. The fourth-order valence-electron chi connectivity index (χ4n) is 4.22. The second kappa shape index (κ2) is 12.8. The molecule has 40 heavy (non-hydrogen) atoms. The molecular formula is C27H29N7O6. The topological polar surface area (TPSA) is 172 Å². The minimum atomic E-state index is -1.35. The third-order valence-electron chi connectivity index (χ3n) is 6.16. The average molecular weight is 548 g/mol. The van der Waals surface area contributed by atoms with Crippen LogP contribution in [-0.2, 0) is 20.9 Å². The van der Waals surface area contributed by atoms with Gasteiger partial charge in [0, 0.05) is 26.3 Å². The highest BCUT2D eigenvalue weighted by molar-refractivity contribution is 6.12. The van der Waals surface area contributed by atoms with E-state index in [1.165, 1.54) is 12.1 Å². The molecule has 3 N–H and O–H groups in total. The zero-order valence-corrected chi connectivity index (χ0v) is 22.1. The molecule has 1 aliphatic rings. The molecule has 1 atom stereocenters. The second-order valence-corrected chi connectivity index (χ2v) is 9.29. The second-order valence-electron chi connectivity index (χ2n) is 9.29. The average Bonchev–Trinajstić information content (AvgIpc) is 3.41. The predicted molar refractivity (Wildman–Crippen MR) is 144 cm³/mol. The summed E-state index contributed by atoms with van der Waals surface area (Å²) >= 11 is 0. The molecule has 13 heteroatoms. The number of nitriles is 1. The van der Waals surface area contributed by atoms with Gasteiger partial charge < -0.3 is 24.8 Å². The number of benzene rings is 2. The number of nitrogens with one attached hydrogen (secondary N) is 2. The number of amides is 2. The summed E-state index contributed by atoms with van der Waals surface area (Å²) in [7, 11) is 3.40. The molecule has 0 bridgehead atoms. The van der Waals surface area contributed by atoms with E-state index in [0.717, 1.165) is 19.3 Å². The summed E-state index contributed by atoms with van der Waals surface area (Å²) in [6.07, 6.45) is 2.31. The van der Waals surface area contributed by atoms with Crippen molar-refractivity contribution in [2.24, 2.45) is 0 Å². The van der Waals surface area contributed by atoms with Crippen LogP contribution >= 0.6 is 0 Å². The van der Waals surface area contributed by atoms with Crippen molar-refractivity contribution in [2.45, 2.75) is 38.6 Å². The van der Waals surface area contributed by atoms with Gasteiger partial charge in [-0.05, 0) is 43.5 Å². The van der Waals surface area contributed by atoms with Crippen LogP contribution in [0.3, 0.4) is 0 Å². The minimum Gasteiger partial charge on any atom is -0.465 e. The van der Waals surface area contributed by atoms with Crippen LogP contribution in [-0.4, -0.2) is 64.9 Å². The molecule has 2 amide bonds. The number of anilines is 3. The van der Waals surface area contributed by atoms with E-state index < -0.39 is 24.2 Å². The summed E-state index contributed by atoms with van der Waals surface area (Å²) in [6, 6.07) is 11.4. The first-order chi connectivity index (χ1) is 19.2. The van der Waals surface area contributed by atoms with Gasteiger partial charge in [0.15, 0.2) is 12.1 Å². The number of aromatic nitrogens is 3. The number of hydrogen-bond acceptors (Lipinski definition) is 9. The number of carbonyl (C=O) groups excluding carboxylic acids is 2. The van der Waals surface area contributed by atoms with Gasteiger partial charge >= 0.3 is 6.09 Å². The number of carbonyl (C=O) groups is 3. The maximum absolute atomic E-state index is 13.0. The minimum absolute atomic E-state index is 0.0605. The van der Waals surface area contributed by atoms with Crippen molar-refractivity contribution in [2.75, 3.05) is 36.2 Å². The first-order valence-electron chi connectivity index (χ1n) is 12.6. The van der Waals surface area contributed by atoms with E-state index in [1.54, 1.807) is 54.1 Å². The van der Waals surface area contributed by atoms with Gasteiger partial charge in [-0.25, -0.2) is 9.48 Å². The van der Waals surface area contributed by atoms with Crippen LogP contribution in [0.2, 0.25) is 0 Å². The van der Waals surface area contributed by atoms with Crippen LogP contribution in [0.25, 0.3) is 5.69 Å². The molecule has 1 fully saturated rings. The number of hydrogen-bond donors (Lipinski definition) is 3. The Kier molecular flexibility index (Phi) is 9.05. The molecule has 1 saturated heterocycles. The van der Waals surface area contributed by atoms with Gasteiger partial charge in [0.2, 0.25) is 5.91 Å². The number of rotatable bonds is 10. The third kappa shape index (κ3) is 6.99. The van der Waals surface area contributed by atoms with Gasteiger partial charge in [-0.15, -0.1) is 5.10 Å². The van der Waals surface area contributed by atoms with Crippen LogP contribution < -0.4 is 15.5 Å². The van der Waals surface area contributed by atoms with E-state index >= 15 is 0 Å². The largest absolute Gasteiger partial charge is 0.465 e. The Morgan fingerprint density at radius 2 is 2.00 bits per heavy atom. The van der Waals surface area contributed by atoms with Crippen molar-refractivity contribution in [1.29, 1.82) is 5.26 Å². The van der Waals surface area contributed by atoms with Gasteiger partial charge in [0.25, 0.3) is 0 Å². The molecule has 1 aliphatic heterocycles. The Bertz CT molecular complexity index is 1440. The lowest BCUT2D eigenvalue weighted by Crippen LogP contribution is -2.22. The summed E-state index contributed by atoms with van der Waals surface area (Å²) in [6.45, 7) is 0.889. The van der Waals surface area contributed by atoms with Gasteiger partial charge in [-0.2, -0.15) is 5.26 Å². The normalized spacial score (nSPS) is 14.7. The van der Waals surface area contributed by atoms with E-state index in [4.69, 9.17) is 9.47 Å². The Morgan fingerprint density at radius 1 is 1.20 bits per heavy atom. The van der Waals surface area contributed by atoms with Gasteiger partial charge in [-0.3, -0.25) is 14.9 Å². The lowest BCUT2D eigenvalue weighted by atomic mass is 10.1.